The van der Waals surface area contributed by atoms with Gasteiger partial charge in [-0.3, -0.25) is 0 Å². The van der Waals surface area contributed by atoms with Crippen molar-refractivity contribution in [2.24, 2.45) is 23.2 Å². The molecule has 0 amide bonds. The van der Waals surface area contributed by atoms with E-state index >= 15 is 0 Å². The third-order valence-electron chi connectivity index (χ3n) is 5.64. The molecular formula is C16H30. The van der Waals surface area contributed by atoms with E-state index < -0.39 is 0 Å². The highest BCUT2D eigenvalue weighted by Gasteiger charge is 2.43. The summed E-state index contributed by atoms with van der Waals surface area (Å²) in [6, 6.07) is 0. The number of hydrogen-bond acceptors (Lipinski definition) is 0. The lowest BCUT2D eigenvalue weighted by atomic mass is 9.55. The quantitative estimate of drug-likeness (QED) is 0.585. The average molecular weight is 222 g/mol. The Balaban J connectivity index is 2.13. The second kappa shape index (κ2) is 5.10. The maximum absolute atomic E-state index is 2.49. The van der Waals surface area contributed by atoms with Crippen LogP contribution >= 0.6 is 0 Å². The topological polar surface area (TPSA) is 0 Å². The molecular weight excluding hydrogens is 192 g/mol. The second-order valence-corrected chi connectivity index (χ2v) is 6.92. The summed E-state index contributed by atoms with van der Waals surface area (Å²) in [5, 5.41) is 0. The van der Waals surface area contributed by atoms with E-state index in [4.69, 9.17) is 0 Å². The average Bonchev–Trinajstić information content (AvgIpc) is 2.30. The summed E-state index contributed by atoms with van der Waals surface area (Å²) >= 11 is 0. The Bertz CT molecular complexity index is 212. The Hall–Kier alpha value is 0. The molecule has 94 valence electrons. The minimum atomic E-state index is 0.720. The van der Waals surface area contributed by atoms with Crippen molar-refractivity contribution in [3.63, 3.8) is 0 Å². The minimum absolute atomic E-state index is 0.720. The van der Waals surface area contributed by atoms with Crippen LogP contribution in [0.3, 0.4) is 0 Å². The van der Waals surface area contributed by atoms with Crippen LogP contribution in [0.5, 0.6) is 0 Å². The Morgan fingerprint density at radius 3 is 2.19 bits per heavy atom. The van der Waals surface area contributed by atoms with Crippen molar-refractivity contribution in [3.8, 4) is 0 Å². The van der Waals surface area contributed by atoms with Gasteiger partial charge in [0.1, 0.15) is 0 Å². The molecule has 0 bridgehead atoms. The predicted octanol–water partition coefficient (Wildman–Crippen LogP) is 5.42. The van der Waals surface area contributed by atoms with Crippen LogP contribution in [0.25, 0.3) is 0 Å². The zero-order chi connectivity index (χ0) is 11.6. The van der Waals surface area contributed by atoms with Gasteiger partial charge in [-0.15, -0.1) is 0 Å². The molecule has 0 nitrogen and oxygen atoms in total. The van der Waals surface area contributed by atoms with Crippen LogP contribution in [0.15, 0.2) is 0 Å². The molecule has 0 radical (unpaired) electrons. The normalized spacial score (nSPS) is 37.9. The molecule has 2 rings (SSSR count). The van der Waals surface area contributed by atoms with Crippen LogP contribution in [0, 0.1) is 23.2 Å². The predicted molar refractivity (Wildman–Crippen MR) is 71.5 cm³/mol. The van der Waals surface area contributed by atoms with E-state index in [2.05, 4.69) is 20.8 Å². The SMILES string of the molecule is CC1CCCC(C(C)C)(C2CCCCC2)C1. The van der Waals surface area contributed by atoms with Crippen LogP contribution in [-0.2, 0) is 0 Å². The van der Waals surface area contributed by atoms with Crippen LogP contribution in [0.1, 0.15) is 78.6 Å². The third-order valence-corrected chi connectivity index (χ3v) is 5.64. The van der Waals surface area contributed by atoms with Crippen molar-refractivity contribution in [1.82, 2.24) is 0 Å². The molecule has 0 aromatic rings. The minimum Gasteiger partial charge on any atom is -0.0625 e. The van der Waals surface area contributed by atoms with Gasteiger partial charge < -0.3 is 0 Å². The van der Waals surface area contributed by atoms with E-state index in [1.165, 1.54) is 57.8 Å². The van der Waals surface area contributed by atoms with Gasteiger partial charge in [0.05, 0.1) is 0 Å². The van der Waals surface area contributed by atoms with Crippen LogP contribution in [-0.4, -0.2) is 0 Å². The van der Waals surface area contributed by atoms with Crippen molar-refractivity contribution in [1.29, 1.82) is 0 Å². The summed E-state index contributed by atoms with van der Waals surface area (Å²) < 4.78 is 0. The van der Waals surface area contributed by atoms with E-state index in [-0.39, 0.29) is 0 Å². The van der Waals surface area contributed by atoms with Gasteiger partial charge in [-0.25, -0.2) is 0 Å². The monoisotopic (exact) mass is 222 g/mol. The Labute approximate surface area is 102 Å². The fourth-order valence-corrected chi connectivity index (χ4v) is 4.68. The molecule has 0 aromatic carbocycles. The van der Waals surface area contributed by atoms with Crippen molar-refractivity contribution in [3.05, 3.63) is 0 Å². The van der Waals surface area contributed by atoms with Crippen LogP contribution in [0.4, 0.5) is 0 Å². The summed E-state index contributed by atoms with van der Waals surface area (Å²) in [6.07, 6.45) is 13.6. The molecule has 2 atom stereocenters. The summed E-state index contributed by atoms with van der Waals surface area (Å²) in [5.74, 6) is 2.94. The zero-order valence-corrected chi connectivity index (χ0v) is 11.6. The van der Waals surface area contributed by atoms with E-state index in [1.807, 2.05) is 0 Å². The molecule has 2 fully saturated rings. The van der Waals surface area contributed by atoms with Crippen LogP contribution < -0.4 is 0 Å². The highest BCUT2D eigenvalue weighted by molar-refractivity contribution is 4.93. The molecule has 0 heteroatoms. The van der Waals surface area contributed by atoms with Gasteiger partial charge in [0.15, 0.2) is 0 Å². The van der Waals surface area contributed by atoms with E-state index in [1.54, 1.807) is 0 Å². The molecule has 16 heavy (non-hydrogen) atoms. The molecule has 0 heterocycles. The lowest BCUT2D eigenvalue weighted by molar-refractivity contribution is 0.0000884. The maximum atomic E-state index is 2.49. The molecule has 0 saturated heterocycles. The van der Waals surface area contributed by atoms with Gasteiger partial charge in [0, 0.05) is 0 Å². The highest BCUT2D eigenvalue weighted by Crippen LogP contribution is 2.53. The van der Waals surface area contributed by atoms with E-state index in [0.717, 1.165) is 23.2 Å². The van der Waals surface area contributed by atoms with Crippen molar-refractivity contribution in [2.75, 3.05) is 0 Å². The molecule has 2 aliphatic rings. The maximum Gasteiger partial charge on any atom is -0.0244 e. The smallest absolute Gasteiger partial charge is 0.0244 e. The van der Waals surface area contributed by atoms with Crippen molar-refractivity contribution in [2.45, 2.75) is 78.6 Å². The Morgan fingerprint density at radius 1 is 0.938 bits per heavy atom. The Kier molecular flexibility index (Phi) is 3.97. The van der Waals surface area contributed by atoms with Gasteiger partial charge in [-0.1, -0.05) is 52.9 Å². The first-order chi connectivity index (χ1) is 7.65. The van der Waals surface area contributed by atoms with Gasteiger partial charge in [-0.2, -0.15) is 0 Å². The molecule has 0 N–H and O–H groups in total. The molecule has 2 aliphatic carbocycles. The van der Waals surface area contributed by atoms with Gasteiger partial charge in [0.25, 0.3) is 0 Å². The zero-order valence-electron chi connectivity index (χ0n) is 11.6. The summed E-state index contributed by atoms with van der Waals surface area (Å²) in [4.78, 5) is 0. The molecule has 0 spiro atoms. The molecule has 2 saturated carbocycles. The standard InChI is InChI=1S/C16H30/c1-13(2)16(11-7-8-14(3)12-16)15-9-5-4-6-10-15/h13-15H,4-12H2,1-3H3. The molecule has 2 unspecified atom stereocenters. The highest BCUT2D eigenvalue weighted by atomic mass is 14.5. The fourth-order valence-electron chi connectivity index (χ4n) is 4.68. The van der Waals surface area contributed by atoms with Crippen molar-refractivity contribution < 1.29 is 0 Å². The summed E-state index contributed by atoms with van der Waals surface area (Å²) in [7, 11) is 0. The lowest BCUT2D eigenvalue weighted by Gasteiger charge is -2.50. The van der Waals surface area contributed by atoms with Gasteiger partial charge >= 0.3 is 0 Å². The number of hydrogen-bond donors (Lipinski definition) is 0. The third kappa shape index (κ3) is 2.31. The van der Waals surface area contributed by atoms with Gasteiger partial charge in [-0.05, 0) is 48.9 Å². The lowest BCUT2D eigenvalue weighted by Crippen LogP contribution is -2.40. The van der Waals surface area contributed by atoms with Crippen LogP contribution in [0.2, 0.25) is 0 Å². The largest absolute Gasteiger partial charge is 0.0625 e. The molecule has 0 aromatic heterocycles. The summed E-state index contributed by atoms with van der Waals surface area (Å²) in [5.41, 5.74) is 0.720. The first kappa shape index (κ1) is 12.5. The van der Waals surface area contributed by atoms with E-state index in [9.17, 15) is 0 Å². The first-order valence-electron chi connectivity index (χ1n) is 7.65. The van der Waals surface area contributed by atoms with Crippen molar-refractivity contribution >= 4 is 0 Å². The van der Waals surface area contributed by atoms with Gasteiger partial charge in [0.2, 0.25) is 0 Å². The Morgan fingerprint density at radius 2 is 1.62 bits per heavy atom. The first-order valence-corrected chi connectivity index (χ1v) is 7.65. The molecule has 0 aliphatic heterocycles. The number of rotatable bonds is 2. The second-order valence-electron chi connectivity index (χ2n) is 6.92. The summed E-state index contributed by atoms with van der Waals surface area (Å²) in [6.45, 7) is 7.47. The van der Waals surface area contributed by atoms with E-state index in [0.29, 0.717) is 0 Å². The fraction of sp³-hybridized carbons (Fsp3) is 1.00.